The summed E-state index contributed by atoms with van der Waals surface area (Å²) in [5.74, 6) is 1.68. The van der Waals surface area contributed by atoms with E-state index in [4.69, 9.17) is 23.8 Å². The molecule has 0 saturated carbocycles. The molecule has 0 atom stereocenters. The van der Waals surface area contributed by atoms with Crippen LogP contribution in [0.2, 0.25) is 0 Å². The van der Waals surface area contributed by atoms with E-state index in [0.29, 0.717) is 17.5 Å². The lowest BCUT2D eigenvalue weighted by molar-refractivity contribution is 0.669. The molecule has 294 valence electrons. The predicted octanol–water partition coefficient (Wildman–Crippen LogP) is 15.1. The zero-order valence-corrected chi connectivity index (χ0v) is 33.7. The van der Waals surface area contributed by atoms with Gasteiger partial charge in [-0.2, -0.15) is 0 Å². The summed E-state index contributed by atoms with van der Waals surface area (Å²) in [7, 11) is 0. The highest BCUT2D eigenvalue weighted by Crippen LogP contribution is 2.42. The smallest absolute Gasteiger partial charge is 0.164 e. The maximum Gasteiger partial charge on any atom is 0.164 e. The molecule has 0 radical (unpaired) electrons. The lowest BCUT2D eigenvalue weighted by Gasteiger charge is -2.14. The first kappa shape index (κ1) is 35.2. The number of para-hydroxylation sites is 4. The van der Waals surface area contributed by atoms with E-state index < -0.39 is 0 Å². The molecular weight excluding hydrogens is 773 g/mol. The van der Waals surface area contributed by atoms with Crippen molar-refractivity contribution in [3.8, 4) is 62.1 Å². The summed E-state index contributed by atoms with van der Waals surface area (Å²) in [6.45, 7) is 0. The molecule has 0 aliphatic heterocycles. The molecule has 9 aromatic carbocycles. The molecule has 0 aliphatic carbocycles. The number of furan rings is 2. The Hall–Kier alpha value is -8.61. The number of rotatable bonds is 6. The minimum absolute atomic E-state index is 0.549. The Morgan fingerprint density at radius 3 is 1.62 bits per heavy atom. The Morgan fingerprint density at radius 1 is 0.302 bits per heavy atom. The summed E-state index contributed by atoms with van der Waals surface area (Å²) in [5.41, 5.74) is 13.6. The number of aromatic nitrogens is 4. The quantitative estimate of drug-likeness (QED) is 0.167. The number of benzene rings is 9. The molecule has 13 rings (SSSR count). The third-order valence-corrected chi connectivity index (χ3v) is 12.3. The molecule has 0 N–H and O–H groups in total. The highest BCUT2D eigenvalue weighted by Gasteiger charge is 2.20. The van der Waals surface area contributed by atoms with Crippen LogP contribution in [0.4, 0.5) is 0 Å². The molecular formula is C57H34N4O2. The van der Waals surface area contributed by atoms with E-state index in [1.54, 1.807) is 0 Å². The van der Waals surface area contributed by atoms with E-state index in [-0.39, 0.29) is 0 Å². The molecule has 63 heavy (non-hydrogen) atoms. The van der Waals surface area contributed by atoms with E-state index in [0.717, 1.165) is 88.5 Å². The summed E-state index contributed by atoms with van der Waals surface area (Å²) in [5, 5.41) is 6.66. The monoisotopic (exact) mass is 806 g/mol. The molecule has 6 heteroatoms. The van der Waals surface area contributed by atoms with E-state index in [1.807, 2.05) is 54.6 Å². The van der Waals surface area contributed by atoms with Gasteiger partial charge in [0.2, 0.25) is 0 Å². The molecule has 6 nitrogen and oxygen atoms in total. The Balaban J connectivity index is 0.952. The van der Waals surface area contributed by atoms with Gasteiger partial charge in [0.1, 0.15) is 22.3 Å². The summed E-state index contributed by atoms with van der Waals surface area (Å²) >= 11 is 0. The van der Waals surface area contributed by atoms with Crippen LogP contribution in [0.25, 0.3) is 128 Å². The zero-order valence-electron chi connectivity index (χ0n) is 33.7. The maximum absolute atomic E-state index is 6.61. The molecule has 0 fully saturated rings. The lowest BCUT2D eigenvalue weighted by Crippen LogP contribution is -2.00. The van der Waals surface area contributed by atoms with Gasteiger partial charge >= 0.3 is 0 Å². The third-order valence-electron chi connectivity index (χ3n) is 12.3. The van der Waals surface area contributed by atoms with Gasteiger partial charge in [-0.25, -0.2) is 15.0 Å². The van der Waals surface area contributed by atoms with Gasteiger partial charge in [0, 0.05) is 54.6 Å². The van der Waals surface area contributed by atoms with Crippen molar-refractivity contribution in [2.75, 3.05) is 0 Å². The average molecular weight is 807 g/mol. The normalized spacial score (nSPS) is 11.8. The number of hydrogen-bond acceptors (Lipinski definition) is 5. The van der Waals surface area contributed by atoms with Crippen molar-refractivity contribution in [2.45, 2.75) is 0 Å². The van der Waals surface area contributed by atoms with Crippen molar-refractivity contribution in [1.82, 2.24) is 19.5 Å². The maximum atomic E-state index is 6.61. The highest BCUT2D eigenvalue weighted by atomic mass is 16.3. The molecule has 0 saturated heterocycles. The summed E-state index contributed by atoms with van der Waals surface area (Å²) < 4.78 is 15.5. The third kappa shape index (κ3) is 5.69. The first-order valence-corrected chi connectivity index (χ1v) is 21.1. The van der Waals surface area contributed by atoms with Crippen LogP contribution in [0.1, 0.15) is 0 Å². The fourth-order valence-electron chi connectivity index (χ4n) is 9.36. The largest absolute Gasteiger partial charge is 0.456 e. The summed E-state index contributed by atoms with van der Waals surface area (Å²) in [6.07, 6.45) is 0. The first-order valence-electron chi connectivity index (χ1n) is 21.1. The Morgan fingerprint density at radius 2 is 0.857 bits per heavy atom. The number of fused-ring (bicyclic) bond motifs is 9. The van der Waals surface area contributed by atoms with Crippen molar-refractivity contribution in [2.24, 2.45) is 0 Å². The van der Waals surface area contributed by atoms with Crippen LogP contribution in [-0.4, -0.2) is 19.5 Å². The van der Waals surface area contributed by atoms with Crippen molar-refractivity contribution in [3.05, 3.63) is 206 Å². The second-order valence-electron chi connectivity index (χ2n) is 15.9. The van der Waals surface area contributed by atoms with Gasteiger partial charge in [0.05, 0.1) is 16.7 Å². The predicted molar refractivity (Wildman–Crippen MR) is 256 cm³/mol. The average Bonchev–Trinajstić information content (AvgIpc) is 4.03. The van der Waals surface area contributed by atoms with Crippen LogP contribution < -0.4 is 0 Å². The van der Waals surface area contributed by atoms with Gasteiger partial charge in [-0.15, -0.1) is 0 Å². The molecule has 0 bridgehead atoms. The van der Waals surface area contributed by atoms with Crippen molar-refractivity contribution in [3.63, 3.8) is 0 Å². The van der Waals surface area contributed by atoms with E-state index in [9.17, 15) is 0 Å². The van der Waals surface area contributed by atoms with Crippen LogP contribution >= 0.6 is 0 Å². The summed E-state index contributed by atoms with van der Waals surface area (Å²) in [6, 6.07) is 71.5. The van der Waals surface area contributed by atoms with Crippen LogP contribution in [0.5, 0.6) is 0 Å². The molecule has 13 aromatic rings. The van der Waals surface area contributed by atoms with Gasteiger partial charge in [-0.3, -0.25) is 0 Å². The SMILES string of the molecule is c1ccc(-c2nc(-c3ccc4c(c3)oc3ccc(-c5ccccc5-n5c6ccccc6c6ccccc65)cc34)nc(-c3cc(-c4ccccc4)c4c(c3)oc3ccccc34)n2)cc1. The Bertz CT molecular complexity index is 3870. The fraction of sp³-hybridized carbons (Fsp3) is 0. The van der Waals surface area contributed by atoms with Crippen LogP contribution in [0, 0.1) is 0 Å². The highest BCUT2D eigenvalue weighted by molar-refractivity contribution is 6.14. The minimum atomic E-state index is 0.549. The van der Waals surface area contributed by atoms with Crippen molar-refractivity contribution < 1.29 is 8.83 Å². The Kier molecular flexibility index (Phi) is 7.80. The fourth-order valence-corrected chi connectivity index (χ4v) is 9.36. The van der Waals surface area contributed by atoms with Crippen LogP contribution in [-0.2, 0) is 0 Å². The Labute approximate surface area is 361 Å². The molecule has 0 unspecified atom stereocenters. The van der Waals surface area contributed by atoms with Crippen LogP contribution in [0.15, 0.2) is 215 Å². The zero-order chi connectivity index (χ0) is 41.4. The van der Waals surface area contributed by atoms with Gasteiger partial charge in [-0.1, -0.05) is 146 Å². The second kappa shape index (κ2) is 14.0. The van der Waals surface area contributed by atoms with Crippen LogP contribution in [0.3, 0.4) is 0 Å². The number of nitrogens with zero attached hydrogens (tertiary/aromatic N) is 4. The van der Waals surface area contributed by atoms with Gasteiger partial charge in [0.25, 0.3) is 0 Å². The van der Waals surface area contributed by atoms with Gasteiger partial charge in [-0.05, 0) is 77.4 Å². The first-order chi connectivity index (χ1) is 31.2. The second-order valence-corrected chi connectivity index (χ2v) is 15.9. The molecule has 0 spiro atoms. The standard InChI is InChI=1S/C57H34N4O2/c1-3-15-35(16-4-1)45-32-39(34-53-54(45)44-22-10-14-26-50(44)63-53)57-59-55(36-17-5-2-6-18-36)58-56(60-57)38-27-29-43-46-31-37(28-30-51(46)62-52(43)33-38)40-19-7-11-23-47(40)61-48-24-12-8-20-41(48)42-21-9-13-25-49(42)61/h1-34H. The number of hydrogen-bond donors (Lipinski definition) is 0. The van der Waals surface area contributed by atoms with Gasteiger partial charge < -0.3 is 13.4 Å². The lowest BCUT2D eigenvalue weighted by atomic mass is 9.97. The van der Waals surface area contributed by atoms with E-state index in [2.05, 4.69) is 156 Å². The molecule has 4 heterocycles. The molecule has 4 aromatic heterocycles. The summed E-state index contributed by atoms with van der Waals surface area (Å²) in [4.78, 5) is 15.4. The topological polar surface area (TPSA) is 69.9 Å². The van der Waals surface area contributed by atoms with Gasteiger partial charge in [0.15, 0.2) is 17.5 Å². The van der Waals surface area contributed by atoms with E-state index in [1.165, 1.54) is 21.8 Å². The van der Waals surface area contributed by atoms with E-state index >= 15 is 0 Å². The van der Waals surface area contributed by atoms with Crippen molar-refractivity contribution in [1.29, 1.82) is 0 Å². The molecule has 0 aliphatic rings. The molecule has 0 amide bonds. The van der Waals surface area contributed by atoms with Crippen molar-refractivity contribution >= 4 is 65.7 Å². The minimum Gasteiger partial charge on any atom is -0.456 e.